The molecule has 16 heavy (non-hydrogen) atoms. The molecule has 0 saturated heterocycles. The van der Waals surface area contributed by atoms with Crippen LogP contribution >= 0.6 is 15.9 Å². The Morgan fingerprint density at radius 1 is 1.50 bits per heavy atom. The smallest absolute Gasteiger partial charge is 0.337 e. The van der Waals surface area contributed by atoms with Crippen LogP contribution in [-0.2, 0) is 9.53 Å². The molecule has 0 bridgehead atoms. The summed E-state index contributed by atoms with van der Waals surface area (Å²) < 4.78 is 11.2. The molecule has 1 heterocycles. The van der Waals surface area contributed by atoms with Crippen LogP contribution in [-0.4, -0.2) is 19.7 Å². The number of fused-ring (bicyclic) bond motifs is 1. The molecule has 0 saturated carbocycles. The average molecular weight is 283 g/mol. The fourth-order valence-corrected chi connectivity index (χ4v) is 1.93. The van der Waals surface area contributed by atoms with E-state index < -0.39 is 0 Å². The quantitative estimate of drug-likeness (QED) is 0.743. The van der Waals surface area contributed by atoms with Gasteiger partial charge in [-0.3, -0.25) is 0 Å². The second kappa shape index (κ2) is 4.29. The van der Waals surface area contributed by atoms with Gasteiger partial charge in [0.2, 0.25) is 0 Å². The molecule has 1 aromatic carbocycles. The van der Waals surface area contributed by atoms with Gasteiger partial charge in [0.1, 0.15) is 12.4 Å². The summed E-state index contributed by atoms with van der Waals surface area (Å²) in [7, 11) is 1.37. The van der Waals surface area contributed by atoms with Crippen LogP contribution in [0.25, 0.3) is 6.08 Å². The molecule has 1 aliphatic heterocycles. The van der Waals surface area contributed by atoms with E-state index in [2.05, 4.69) is 20.7 Å². The first-order valence-corrected chi connectivity index (χ1v) is 5.63. The van der Waals surface area contributed by atoms with E-state index in [4.69, 9.17) is 4.74 Å². The number of esters is 1. The lowest BCUT2D eigenvalue weighted by atomic mass is 10.0. The van der Waals surface area contributed by atoms with Crippen molar-refractivity contribution in [3.63, 3.8) is 0 Å². The molecule has 0 radical (unpaired) electrons. The van der Waals surface area contributed by atoms with Crippen molar-refractivity contribution in [3.8, 4) is 5.75 Å². The van der Waals surface area contributed by atoms with E-state index in [1.807, 2.05) is 25.1 Å². The Bertz CT molecular complexity index is 477. The van der Waals surface area contributed by atoms with E-state index in [9.17, 15) is 4.79 Å². The number of halogens is 1. The number of hydrogen-bond donors (Lipinski definition) is 0. The zero-order chi connectivity index (χ0) is 11.7. The topological polar surface area (TPSA) is 35.5 Å². The number of carbonyl (C=O) groups excluding carboxylic acids is 1. The summed E-state index contributed by atoms with van der Waals surface area (Å²) in [5.74, 6) is 0.480. The third-order valence-electron chi connectivity index (χ3n) is 2.52. The molecule has 1 aliphatic rings. The maximum Gasteiger partial charge on any atom is 0.337 e. The Morgan fingerprint density at radius 3 is 2.94 bits per heavy atom. The summed E-state index contributed by atoms with van der Waals surface area (Å²) >= 11 is 3.44. The van der Waals surface area contributed by atoms with Gasteiger partial charge >= 0.3 is 5.97 Å². The Balaban J connectivity index is 2.46. The number of hydrogen-bond acceptors (Lipinski definition) is 3. The molecular weight excluding hydrogens is 272 g/mol. The maximum atomic E-state index is 11.3. The molecule has 0 aromatic heterocycles. The highest BCUT2D eigenvalue weighted by Gasteiger charge is 2.19. The molecule has 3 nitrogen and oxygen atoms in total. The van der Waals surface area contributed by atoms with Crippen molar-refractivity contribution in [1.82, 2.24) is 0 Å². The highest BCUT2D eigenvalue weighted by Crippen LogP contribution is 2.34. The molecule has 1 aromatic rings. The SMILES string of the molecule is COC(=O)C1=Cc2ccc(Br)c(C)c2OC1. The fraction of sp³-hybridized carbons (Fsp3) is 0.250. The van der Waals surface area contributed by atoms with Crippen molar-refractivity contribution in [3.05, 3.63) is 33.3 Å². The van der Waals surface area contributed by atoms with Crippen LogP contribution in [0.3, 0.4) is 0 Å². The number of methoxy groups -OCH3 is 1. The van der Waals surface area contributed by atoms with Gasteiger partial charge in [-0.25, -0.2) is 4.79 Å². The van der Waals surface area contributed by atoms with Gasteiger partial charge in [-0.2, -0.15) is 0 Å². The van der Waals surface area contributed by atoms with E-state index in [0.717, 1.165) is 21.3 Å². The van der Waals surface area contributed by atoms with Gasteiger partial charge in [-0.1, -0.05) is 22.0 Å². The number of ether oxygens (including phenoxy) is 2. The van der Waals surface area contributed by atoms with E-state index in [0.29, 0.717) is 5.57 Å². The molecule has 0 amide bonds. The molecule has 0 spiro atoms. The third kappa shape index (κ3) is 1.85. The highest BCUT2D eigenvalue weighted by molar-refractivity contribution is 9.10. The van der Waals surface area contributed by atoms with Crippen LogP contribution in [0.15, 0.2) is 22.2 Å². The van der Waals surface area contributed by atoms with Crippen LogP contribution in [0.1, 0.15) is 11.1 Å². The van der Waals surface area contributed by atoms with Crippen LogP contribution in [0.5, 0.6) is 5.75 Å². The van der Waals surface area contributed by atoms with Gasteiger partial charge in [0.25, 0.3) is 0 Å². The first-order valence-electron chi connectivity index (χ1n) is 4.84. The van der Waals surface area contributed by atoms with E-state index >= 15 is 0 Å². The minimum absolute atomic E-state index is 0.261. The van der Waals surface area contributed by atoms with E-state index in [-0.39, 0.29) is 12.6 Å². The summed E-state index contributed by atoms with van der Waals surface area (Å²) in [6.45, 7) is 2.23. The zero-order valence-corrected chi connectivity index (χ0v) is 10.6. The minimum Gasteiger partial charge on any atom is -0.488 e. The summed E-state index contributed by atoms with van der Waals surface area (Å²) in [6, 6.07) is 3.85. The summed E-state index contributed by atoms with van der Waals surface area (Å²) in [5, 5.41) is 0. The van der Waals surface area contributed by atoms with Gasteiger partial charge < -0.3 is 9.47 Å². The van der Waals surface area contributed by atoms with Crippen molar-refractivity contribution in [2.24, 2.45) is 0 Å². The van der Waals surface area contributed by atoms with Gasteiger partial charge in [0.05, 0.1) is 12.7 Å². The van der Waals surface area contributed by atoms with Gasteiger partial charge in [0.15, 0.2) is 0 Å². The lowest BCUT2D eigenvalue weighted by Gasteiger charge is -2.19. The second-order valence-corrected chi connectivity index (χ2v) is 4.39. The average Bonchev–Trinajstić information content (AvgIpc) is 2.32. The maximum absolute atomic E-state index is 11.3. The Labute approximate surface area is 102 Å². The lowest BCUT2D eigenvalue weighted by molar-refractivity contribution is -0.136. The van der Waals surface area contributed by atoms with Crippen LogP contribution in [0, 0.1) is 6.92 Å². The molecule has 4 heteroatoms. The molecule has 0 N–H and O–H groups in total. The summed E-state index contributed by atoms with van der Waals surface area (Å²) in [6.07, 6.45) is 1.81. The minimum atomic E-state index is -0.341. The Hall–Kier alpha value is -1.29. The first kappa shape index (κ1) is 11.2. The second-order valence-electron chi connectivity index (χ2n) is 3.54. The van der Waals surface area contributed by atoms with Crippen molar-refractivity contribution < 1.29 is 14.3 Å². The molecule has 0 fully saturated rings. The molecule has 84 valence electrons. The van der Waals surface area contributed by atoms with Crippen molar-refractivity contribution in [2.75, 3.05) is 13.7 Å². The highest BCUT2D eigenvalue weighted by atomic mass is 79.9. The van der Waals surface area contributed by atoms with Crippen molar-refractivity contribution in [2.45, 2.75) is 6.92 Å². The summed E-state index contributed by atoms with van der Waals surface area (Å²) in [5.41, 5.74) is 2.49. The number of rotatable bonds is 1. The third-order valence-corrected chi connectivity index (χ3v) is 3.38. The van der Waals surface area contributed by atoms with Crippen LogP contribution in [0.4, 0.5) is 0 Å². The first-order chi connectivity index (χ1) is 7.63. The fourth-order valence-electron chi connectivity index (χ4n) is 1.62. The van der Waals surface area contributed by atoms with E-state index in [1.54, 1.807) is 0 Å². The van der Waals surface area contributed by atoms with Crippen LogP contribution in [0.2, 0.25) is 0 Å². The number of carbonyl (C=O) groups is 1. The molecule has 2 rings (SSSR count). The normalized spacial score (nSPS) is 13.6. The standard InChI is InChI=1S/C12H11BrO3/c1-7-10(13)4-3-8-5-9(12(14)15-2)6-16-11(7)8/h3-5H,6H2,1-2H3. The van der Waals surface area contributed by atoms with Crippen LogP contribution < -0.4 is 4.74 Å². The predicted octanol–water partition coefficient (Wildman–Crippen LogP) is 2.71. The number of benzene rings is 1. The molecule has 0 unspecified atom stereocenters. The molecule has 0 atom stereocenters. The molecular formula is C12H11BrO3. The lowest BCUT2D eigenvalue weighted by Crippen LogP contribution is -2.16. The summed E-state index contributed by atoms with van der Waals surface area (Å²) in [4.78, 5) is 11.3. The van der Waals surface area contributed by atoms with E-state index in [1.165, 1.54) is 7.11 Å². The Morgan fingerprint density at radius 2 is 2.25 bits per heavy atom. The predicted molar refractivity (Wildman–Crippen MR) is 64.4 cm³/mol. The van der Waals surface area contributed by atoms with Gasteiger partial charge in [-0.05, 0) is 19.1 Å². The largest absolute Gasteiger partial charge is 0.488 e. The van der Waals surface area contributed by atoms with Crippen molar-refractivity contribution >= 4 is 28.0 Å². The monoisotopic (exact) mass is 282 g/mol. The van der Waals surface area contributed by atoms with Gasteiger partial charge in [0, 0.05) is 15.6 Å². The van der Waals surface area contributed by atoms with Gasteiger partial charge in [-0.15, -0.1) is 0 Å². The molecule has 0 aliphatic carbocycles. The zero-order valence-electron chi connectivity index (χ0n) is 9.04. The van der Waals surface area contributed by atoms with Crippen molar-refractivity contribution in [1.29, 1.82) is 0 Å². The Kier molecular flexibility index (Phi) is 3.01.